The summed E-state index contributed by atoms with van der Waals surface area (Å²) in [6, 6.07) is 10.6. The quantitative estimate of drug-likeness (QED) is 0.818. The van der Waals surface area contributed by atoms with E-state index in [1.165, 1.54) is 0 Å². The first-order valence-corrected chi connectivity index (χ1v) is 6.87. The first-order valence-electron chi connectivity index (χ1n) is 5.71. The molecule has 0 heterocycles. The van der Waals surface area contributed by atoms with Crippen molar-refractivity contribution in [2.45, 2.75) is 0 Å². The van der Waals surface area contributed by atoms with Crippen molar-refractivity contribution in [1.29, 1.82) is 0 Å². The number of benzene rings is 2. The molecule has 0 radical (unpaired) electrons. The maximum atomic E-state index is 6.20. The number of ether oxygens (including phenoxy) is 1. The number of nitrogens with one attached hydrogen (secondary N) is 1. The van der Waals surface area contributed by atoms with Crippen LogP contribution in [-0.4, -0.2) is 12.1 Å². The monoisotopic (exact) mass is 326 g/mol. The predicted molar refractivity (Wildman–Crippen MR) is 88.6 cm³/mol. The second-order valence-electron chi connectivity index (χ2n) is 4.03. The molecule has 0 atom stereocenters. The van der Waals surface area contributed by atoms with Crippen LogP contribution in [0.2, 0.25) is 10.0 Å². The van der Waals surface area contributed by atoms with E-state index in [9.17, 15) is 0 Å². The van der Waals surface area contributed by atoms with Crippen molar-refractivity contribution in [3.8, 4) is 5.75 Å². The molecule has 104 valence electrons. The Morgan fingerprint density at radius 2 is 1.85 bits per heavy atom. The van der Waals surface area contributed by atoms with Crippen LogP contribution in [0.4, 0.5) is 11.4 Å². The number of methoxy groups -OCH3 is 1. The average Bonchev–Trinajstić information content (AvgIpc) is 2.43. The minimum Gasteiger partial charge on any atom is -0.497 e. The number of nitrogens with two attached hydrogens (primary N) is 1. The Morgan fingerprint density at radius 1 is 1.10 bits per heavy atom. The van der Waals surface area contributed by atoms with E-state index in [1.807, 2.05) is 0 Å². The molecule has 0 aliphatic carbocycles. The molecule has 0 aliphatic rings. The average molecular weight is 327 g/mol. The van der Waals surface area contributed by atoms with E-state index in [0.717, 1.165) is 0 Å². The van der Waals surface area contributed by atoms with Gasteiger partial charge in [0.25, 0.3) is 0 Å². The van der Waals surface area contributed by atoms with E-state index in [4.69, 9.17) is 45.9 Å². The van der Waals surface area contributed by atoms with Crippen LogP contribution in [0, 0.1) is 0 Å². The number of hydrogen-bond acceptors (Lipinski definition) is 3. The van der Waals surface area contributed by atoms with Gasteiger partial charge in [-0.05, 0) is 30.3 Å². The number of rotatable bonds is 4. The normalized spacial score (nSPS) is 10.2. The van der Waals surface area contributed by atoms with Crippen LogP contribution in [0.5, 0.6) is 5.75 Å². The van der Waals surface area contributed by atoms with E-state index in [2.05, 4.69) is 5.32 Å². The first kappa shape index (κ1) is 14.9. The third-order valence-corrected chi connectivity index (χ3v) is 3.57. The smallest absolute Gasteiger partial charge is 0.121 e. The fraction of sp³-hybridized carbons (Fsp3) is 0.0714. The molecule has 2 aromatic rings. The van der Waals surface area contributed by atoms with E-state index >= 15 is 0 Å². The third-order valence-electron chi connectivity index (χ3n) is 2.70. The summed E-state index contributed by atoms with van der Waals surface area (Å²) in [6.07, 6.45) is 0. The van der Waals surface area contributed by atoms with E-state index in [-0.39, 0.29) is 0 Å². The van der Waals surface area contributed by atoms with Gasteiger partial charge in [-0.15, -0.1) is 0 Å². The highest BCUT2D eigenvalue weighted by Gasteiger charge is 2.07. The van der Waals surface area contributed by atoms with Crippen LogP contribution in [0.25, 0.3) is 0 Å². The molecule has 2 aromatic carbocycles. The van der Waals surface area contributed by atoms with Crippen LogP contribution < -0.4 is 15.8 Å². The molecular formula is C14H12Cl2N2OS. The summed E-state index contributed by atoms with van der Waals surface area (Å²) >= 11 is 17.2. The highest BCUT2D eigenvalue weighted by atomic mass is 35.5. The molecule has 3 N–H and O–H groups in total. The zero-order valence-electron chi connectivity index (χ0n) is 10.6. The Morgan fingerprint density at radius 3 is 2.45 bits per heavy atom. The van der Waals surface area contributed by atoms with E-state index in [0.29, 0.717) is 37.7 Å². The lowest BCUT2D eigenvalue weighted by molar-refractivity contribution is 0.415. The lowest BCUT2D eigenvalue weighted by atomic mass is 10.2. The molecule has 0 aliphatic heterocycles. The van der Waals surface area contributed by atoms with E-state index in [1.54, 1.807) is 43.5 Å². The Kier molecular flexibility index (Phi) is 4.70. The number of halogens is 2. The van der Waals surface area contributed by atoms with Crippen LogP contribution in [0.1, 0.15) is 5.56 Å². The summed E-state index contributed by atoms with van der Waals surface area (Å²) in [5, 5.41) is 4.23. The summed E-state index contributed by atoms with van der Waals surface area (Å²) in [6.45, 7) is 0. The van der Waals surface area contributed by atoms with Gasteiger partial charge in [0, 0.05) is 11.6 Å². The van der Waals surface area contributed by atoms with Crippen molar-refractivity contribution in [2.24, 2.45) is 5.73 Å². The van der Waals surface area contributed by atoms with Crippen molar-refractivity contribution >= 4 is 51.8 Å². The van der Waals surface area contributed by atoms with Crippen LogP contribution in [0.3, 0.4) is 0 Å². The molecule has 20 heavy (non-hydrogen) atoms. The molecule has 0 aromatic heterocycles. The van der Waals surface area contributed by atoms with Gasteiger partial charge in [-0.25, -0.2) is 0 Å². The molecule has 0 fully saturated rings. The Bertz CT molecular complexity index is 662. The molecule has 0 spiro atoms. The standard InChI is InChI=1S/C14H12Cl2N2OS/c1-19-9-3-4-10(15)13(7-9)18-12-5-2-8(14(17)20)6-11(12)16/h2-7,18H,1H3,(H2,17,20). The fourth-order valence-electron chi connectivity index (χ4n) is 1.64. The molecular weight excluding hydrogens is 315 g/mol. The van der Waals surface area contributed by atoms with Crippen LogP contribution in [0.15, 0.2) is 36.4 Å². The SMILES string of the molecule is COc1ccc(Cl)c(Nc2ccc(C(N)=S)cc2Cl)c1. The maximum Gasteiger partial charge on any atom is 0.121 e. The second-order valence-corrected chi connectivity index (χ2v) is 5.28. The van der Waals surface area contributed by atoms with Gasteiger partial charge >= 0.3 is 0 Å². The molecule has 6 heteroatoms. The van der Waals surface area contributed by atoms with Gasteiger partial charge in [-0.3, -0.25) is 0 Å². The second kappa shape index (κ2) is 6.31. The van der Waals surface area contributed by atoms with Gasteiger partial charge in [0.2, 0.25) is 0 Å². The highest BCUT2D eigenvalue weighted by Crippen LogP contribution is 2.32. The summed E-state index contributed by atoms with van der Waals surface area (Å²) in [5.41, 5.74) is 7.69. The molecule has 0 saturated carbocycles. The van der Waals surface area contributed by atoms with Crippen LogP contribution in [-0.2, 0) is 0 Å². The van der Waals surface area contributed by atoms with Crippen molar-refractivity contribution in [2.75, 3.05) is 12.4 Å². The Hall–Kier alpha value is -1.49. The molecule has 2 rings (SSSR count). The fourth-order valence-corrected chi connectivity index (χ4v) is 2.16. The first-order chi connectivity index (χ1) is 9.51. The van der Waals surface area contributed by atoms with Crippen LogP contribution >= 0.6 is 35.4 Å². The summed E-state index contributed by atoms with van der Waals surface area (Å²) < 4.78 is 5.16. The zero-order chi connectivity index (χ0) is 14.7. The van der Waals surface area contributed by atoms with Gasteiger partial charge in [0.1, 0.15) is 10.7 Å². The minimum atomic E-state index is 0.304. The minimum absolute atomic E-state index is 0.304. The van der Waals surface area contributed by atoms with Crippen molar-refractivity contribution in [3.05, 3.63) is 52.0 Å². The van der Waals surface area contributed by atoms with Crippen molar-refractivity contribution < 1.29 is 4.74 Å². The molecule has 3 nitrogen and oxygen atoms in total. The Balaban J connectivity index is 2.32. The Labute approximate surface area is 132 Å². The topological polar surface area (TPSA) is 47.3 Å². The largest absolute Gasteiger partial charge is 0.497 e. The van der Waals surface area contributed by atoms with Gasteiger partial charge in [-0.2, -0.15) is 0 Å². The predicted octanol–water partition coefficient (Wildman–Crippen LogP) is 4.38. The summed E-state index contributed by atoms with van der Waals surface area (Å²) in [4.78, 5) is 0.304. The zero-order valence-corrected chi connectivity index (χ0v) is 12.9. The number of anilines is 2. The molecule has 0 bridgehead atoms. The van der Waals surface area contributed by atoms with Crippen molar-refractivity contribution in [1.82, 2.24) is 0 Å². The molecule has 0 amide bonds. The molecule has 0 unspecified atom stereocenters. The number of hydrogen-bond donors (Lipinski definition) is 2. The summed E-state index contributed by atoms with van der Waals surface area (Å²) in [5.74, 6) is 0.702. The lowest BCUT2D eigenvalue weighted by Gasteiger charge is -2.12. The van der Waals surface area contributed by atoms with E-state index < -0.39 is 0 Å². The lowest BCUT2D eigenvalue weighted by Crippen LogP contribution is -2.09. The highest BCUT2D eigenvalue weighted by molar-refractivity contribution is 7.80. The van der Waals surface area contributed by atoms with Gasteiger partial charge < -0.3 is 15.8 Å². The maximum absolute atomic E-state index is 6.20. The number of thiocarbonyl (C=S) groups is 1. The van der Waals surface area contributed by atoms with Gasteiger partial charge in [-0.1, -0.05) is 35.4 Å². The van der Waals surface area contributed by atoms with Gasteiger partial charge in [0.15, 0.2) is 0 Å². The van der Waals surface area contributed by atoms with Gasteiger partial charge in [0.05, 0.1) is 28.5 Å². The summed E-state index contributed by atoms with van der Waals surface area (Å²) in [7, 11) is 1.59. The molecule has 0 saturated heterocycles. The third kappa shape index (κ3) is 3.33. The van der Waals surface area contributed by atoms with Crippen molar-refractivity contribution in [3.63, 3.8) is 0 Å².